The first kappa shape index (κ1) is 17.7. The molecule has 0 radical (unpaired) electrons. The lowest BCUT2D eigenvalue weighted by Gasteiger charge is -2.15. The highest BCUT2D eigenvalue weighted by atomic mass is 35.5. The van der Waals surface area contributed by atoms with Crippen molar-refractivity contribution in [3.8, 4) is 0 Å². The molecule has 1 aliphatic heterocycles. The van der Waals surface area contributed by atoms with Crippen LogP contribution in [0.2, 0.25) is 5.15 Å². The molecular weight excluding hydrogens is 388 g/mol. The Bertz CT molecular complexity index is 1200. The number of rotatable bonds is 3. The molecule has 0 unspecified atom stereocenters. The zero-order valence-electron chi connectivity index (χ0n) is 14.0. The Morgan fingerprint density at radius 1 is 1.26 bits per heavy atom. The molecule has 0 aliphatic carbocycles. The molecule has 9 heteroatoms. The third-order valence-corrected chi connectivity index (χ3v) is 5.64. The fourth-order valence-electron chi connectivity index (χ4n) is 3.14. The van der Waals surface area contributed by atoms with Crippen LogP contribution in [0.4, 0.5) is 5.69 Å². The molecule has 2 N–H and O–H groups in total. The van der Waals surface area contributed by atoms with Crippen LogP contribution in [0.1, 0.15) is 11.3 Å². The van der Waals surface area contributed by atoms with Crippen molar-refractivity contribution >= 4 is 44.9 Å². The maximum Gasteiger partial charge on any atom is 0.251 e. The fourth-order valence-corrected chi connectivity index (χ4v) is 3.91. The smallest absolute Gasteiger partial charge is 0.251 e. The van der Waals surface area contributed by atoms with Crippen LogP contribution in [0.3, 0.4) is 0 Å². The third kappa shape index (κ3) is 3.23. The number of hydrogen-bond acceptors (Lipinski definition) is 4. The molecule has 0 atom stereocenters. The van der Waals surface area contributed by atoms with Gasteiger partial charge in [0.2, 0.25) is 10.0 Å². The van der Waals surface area contributed by atoms with Crippen molar-refractivity contribution in [2.24, 2.45) is 5.14 Å². The Balaban J connectivity index is 1.65. The first-order valence-electron chi connectivity index (χ1n) is 8.12. The van der Waals surface area contributed by atoms with Gasteiger partial charge in [-0.15, -0.1) is 0 Å². The number of halogens is 1. The number of pyridine rings is 1. The summed E-state index contributed by atoms with van der Waals surface area (Å²) < 4.78 is 25.0. The first-order valence-corrected chi connectivity index (χ1v) is 10.0. The number of sulfonamides is 1. The number of imidazole rings is 1. The van der Waals surface area contributed by atoms with Crippen molar-refractivity contribution in [2.75, 3.05) is 11.4 Å². The van der Waals surface area contributed by atoms with Gasteiger partial charge in [-0.25, -0.2) is 18.5 Å². The molecule has 0 saturated carbocycles. The molecule has 0 saturated heterocycles. The molecular formula is C18H15ClN4O3S. The molecule has 138 valence electrons. The summed E-state index contributed by atoms with van der Waals surface area (Å²) in [5.74, 6) is -0.276. The minimum absolute atomic E-state index is 0.0187. The summed E-state index contributed by atoms with van der Waals surface area (Å²) in [4.78, 5) is 18.4. The summed E-state index contributed by atoms with van der Waals surface area (Å²) in [6.07, 6.45) is 5.46. The molecule has 0 bridgehead atoms. The SMILES string of the molecule is NS(=O)(=O)c1ccc2c(c1)N(C(=O)C=Cc1c(Cl)nc3ccccn13)CC2. The zero-order valence-corrected chi connectivity index (χ0v) is 15.6. The summed E-state index contributed by atoms with van der Waals surface area (Å²) in [6, 6.07) is 10.1. The van der Waals surface area contributed by atoms with Gasteiger partial charge < -0.3 is 4.90 Å². The predicted octanol–water partition coefficient (Wildman–Crippen LogP) is 2.24. The second-order valence-corrected chi connectivity index (χ2v) is 8.04. The molecule has 1 aromatic carbocycles. The van der Waals surface area contributed by atoms with Crippen LogP contribution in [0.5, 0.6) is 0 Å². The lowest BCUT2D eigenvalue weighted by Crippen LogP contribution is -2.27. The van der Waals surface area contributed by atoms with Crippen LogP contribution in [-0.4, -0.2) is 30.3 Å². The third-order valence-electron chi connectivity index (χ3n) is 4.45. The van der Waals surface area contributed by atoms with Crippen molar-refractivity contribution in [3.63, 3.8) is 0 Å². The number of anilines is 1. The highest BCUT2D eigenvalue weighted by Crippen LogP contribution is 2.30. The topological polar surface area (TPSA) is 97.8 Å². The van der Waals surface area contributed by atoms with Crippen LogP contribution < -0.4 is 10.0 Å². The van der Waals surface area contributed by atoms with E-state index in [0.717, 1.165) is 5.56 Å². The van der Waals surface area contributed by atoms with Gasteiger partial charge in [0, 0.05) is 24.5 Å². The Labute approximate surface area is 160 Å². The average molecular weight is 403 g/mol. The number of benzene rings is 1. The number of nitrogens with two attached hydrogens (primary N) is 1. The molecule has 1 aliphatic rings. The fraction of sp³-hybridized carbons (Fsp3) is 0.111. The summed E-state index contributed by atoms with van der Waals surface area (Å²) in [6.45, 7) is 0.466. The summed E-state index contributed by atoms with van der Waals surface area (Å²) in [5, 5.41) is 5.49. The van der Waals surface area contributed by atoms with E-state index in [1.807, 2.05) is 24.4 Å². The zero-order chi connectivity index (χ0) is 19.2. The maximum atomic E-state index is 12.7. The van der Waals surface area contributed by atoms with E-state index < -0.39 is 10.0 Å². The normalized spacial score (nSPS) is 14.2. The Hall–Kier alpha value is -2.68. The Kier molecular flexibility index (Phi) is 4.26. The van der Waals surface area contributed by atoms with Gasteiger partial charge in [-0.1, -0.05) is 23.7 Å². The lowest BCUT2D eigenvalue weighted by molar-refractivity contribution is -0.114. The molecule has 1 amide bonds. The second kappa shape index (κ2) is 6.49. The van der Waals surface area contributed by atoms with Crippen molar-refractivity contribution in [1.29, 1.82) is 0 Å². The first-order chi connectivity index (χ1) is 12.8. The van der Waals surface area contributed by atoms with Crippen molar-refractivity contribution in [3.05, 3.63) is 65.1 Å². The van der Waals surface area contributed by atoms with Gasteiger partial charge in [-0.05, 0) is 42.3 Å². The minimum atomic E-state index is -3.84. The van der Waals surface area contributed by atoms with Gasteiger partial charge in [-0.3, -0.25) is 9.20 Å². The van der Waals surface area contributed by atoms with E-state index in [0.29, 0.717) is 35.1 Å². The average Bonchev–Trinajstić information content (AvgIpc) is 3.18. The number of primary sulfonamides is 1. The number of aromatic nitrogens is 2. The monoisotopic (exact) mass is 402 g/mol. The Morgan fingerprint density at radius 3 is 2.85 bits per heavy atom. The number of hydrogen-bond donors (Lipinski definition) is 1. The van der Waals surface area contributed by atoms with Crippen LogP contribution in [0.15, 0.2) is 53.6 Å². The van der Waals surface area contributed by atoms with E-state index in [2.05, 4.69) is 4.98 Å². The van der Waals surface area contributed by atoms with Crippen LogP contribution in [0, 0.1) is 0 Å². The number of fused-ring (bicyclic) bond motifs is 2. The van der Waals surface area contributed by atoms with Crippen LogP contribution in [0.25, 0.3) is 11.7 Å². The van der Waals surface area contributed by atoms with E-state index >= 15 is 0 Å². The molecule has 7 nitrogen and oxygen atoms in total. The van der Waals surface area contributed by atoms with E-state index in [9.17, 15) is 13.2 Å². The van der Waals surface area contributed by atoms with E-state index in [4.69, 9.17) is 16.7 Å². The number of amides is 1. The van der Waals surface area contributed by atoms with Gasteiger partial charge in [0.1, 0.15) is 5.65 Å². The van der Waals surface area contributed by atoms with Gasteiger partial charge in [-0.2, -0.15) is 0 Å². The quantitative estimate of drug-likeness (QED) is 0.679. The van der Waals surface area contributed by atoms with Crippen molar-refractivity contribution in [2.45, 2.75) is 11.3 Å². The van der Waals surface area contributed by atoms with Crippen molar-refractivity contribution in [1.82, 2.24) is 9.38 Å². The standard InChI is InChI=1S/C18H15ClN4O3S/c19-18-14(22-9-2-1-3-16(22)21-18)6-7-17(24)23-10-8-12-4-5-13(11-15(12)23)27(20,25)26/h1-7,9,11H,8,10H2,(H2,20,25,26). The second-order valence-electron chi connectivity index (χ2n) is 6.13. The van der Waals surface area contributed by atoms with Crippen molar-refractivity contribution < 1.29 is 13.2 Å². The maximum absolute atomic E-state index is 12.7. The Morgan fingerprint density at radius 2 is 2.07 bits per heavy atom. The number of carbonyl (C=O) groups is 1. The predicted molar refractivity (Wildman–Crippen MR) is 103 cm³/mol. The number of nitrogens with zero attached hydrogens (tertiary/aromatic N) is 3. The highest BCUT2D eigenvalue weighted by Gasteiger charge is 2.25. The molecule has 27 heavy (non-hydrogen) atoms. The molecule has 3 aromatic rings. The van der Waals surface area contributed by atoms with Gasteiger partial charge in [0.15, 0.2) is 5.15 Å². The van der Waals surface area contributed by atoms with Gasteiger partial charge >= 0.3 is 0 Å². The molecule has 2 aromatic heterocycles. The largest absolute Gasteiger partial charge is 0.308 e. The van der Waals surface area contributed by atoms with Gasteiger partial charge in [0.25, 0.3) is 5.91 Å². The molecule has 3 heterocycles. The molecule has 4 rings (SSSR count). The molecule has 0 spiro atoms. The highest BCUT2D eigenvalue weighted by molar-refractivity contribution is 7.89. The van der Waals surface area contributed by atoms with E-state index in [-0.39, 0.29) is 10.8 Å². The summed E-state index contributed by atoms with van der Waals surface area (Å²) in [5.41, 5.74) is 2.73. The lowest BCUT2D eigenvalue weighted by atomic mass is 10.2. The van der Waals surface area contributed by atoms with E-state index in [1.54, 1.807) is 16.5 Å². The van der Waals surface area contributed by atoms with Crippen LogP contribution >= 0.6 is 11.6 Å². The minimum Gasteiger partial charge on any atom is -0.308 e. The molecule has 0 fully saturated rings. The van der Waals surface area contributed by atoms with E-state index in [1.165, 1.54) is 23.1 Å². The van der Waals surface area contributed by atoms with Crippen LogP contribution in [-0.2, 0) is 21.2 Å². The van der Waals surface area contributed by atoms with Gasteiger partial charge in [0.05, 0.1) is 10.6 Å². The summed E-state index contributed by atoms with van der Waals surface area (Å²) >= 11 is 6.17. The number of carbonyl (C=O) groups excluding carboxylic acids is 1. The summed E-state index contributed by atoms with van der Waals surface area (Å²) in [7, 11) is -3.84.